The summed E-state index contributed by atoms with van der Waals surface area (Å²) in [6.45, 7) is 2.59. The third kappa shape index (κ3) is 3.63. The molecule has 2 aliphatic heterocycles. The van der Waals surface area contributed by atoms with Crippen molar-refractivity contribution in [1.82, 2.24) is 4.31 Å². The number of para-hydroxylation sites is 1. The smallest absolute Gasteiger partial charge is 0.243 e. The Balaban J connectivity index is 1.54. The second kappa shape index (κ2) is 7.69. The molecule has 10 heteroatoms. The van der Waals surface area contributed by atoms with E-state index in [4.69, 9.17) is 0 Å². The highest BCUT2D eigenvalue weighted by Crippen LogP contribution is 2.31. The van der Waals surface area contributed by atoms with Gasteiger partial charge in [0.15, 0.2) is 0 Å². The van der Waals surface area contributed by atoms with Crippen molar-refractivity contribution in [3.05, 3.63) is 48.3 Å². The molecule has 1 atom stereocenters. The zero-order valence-electron chi connectivity index (χ0n) is 16.3. The molecule has 4 rings (SSSR count). The molecule has 2 aromatic rings. The van der Waals surface area contributed by atoms with E-state index in [1.165, 1.54) is 35.5 Å². The lowest BCUT2D eigenvalue weighted by molar-refractivity contribution is -0.128. The molecule has 8 nitrogen and oxygen atoms in total. The predicted octanol–water partition coefficient (Wildman–Crippen LogP) is 1.86. The van der Waals surface area contributed by atoms with E-state index in [0.29, 0.717) is 24.5 Å². The van der Waals surface area contributed by atoms with Gasteiger partial charge >= 0.3 is 0 Å². The number of nitrogens with one attached hydrogen (secondary N) is 2. The largest absolute Gasteiger partial charge is 0.367 e. The molecule has 158 valence electrons. The number of sulfonamides is 1. The Kier molecular flexibility index (Phi) is 5.20. The predicted molar refractivity (Wildman–Crippen MR) is 110 cm³/mol. The number of halogens is 1. The number of fused-ring (bicyclic) bond motifs is 1. The zero-order chi connectivity index (χ0) is 21.5. The highest BCUT2D eigenvalue weighted by molar-refractivity contribution is 7.89. The Bertz CT molecular complexity index is 1110. The van der Waals surface area contributed by atoms with Crippen molar-refractivity contribution in [1.29, 1.82) is 0 Å². The highest BCUT2D eigenvalue weighted by Gasteiger charge is 2.31. The topological polar surface area (TPSA) is 98.8 Å². The van der Waals surface area contributed by atoms with Gasteiger partial charge in [-0.05, 0) is 37.3 Å². The van der Waals surface area contributed by atoms with E-state index in [9.17, 15) is 22.4 Å². The third-order valence-corrected chi connectivity index (χ3v) is 7.26. The number of benzene rings is 2. The minimum absolute atomic E-state index is 0.0182. The fourth-order valence-corrected chi connectivity index (χ4v) is 4.97. The van der Waals surface area contributed by atoms with Crippen LogP contribution in [0.15, 0.2) is 47.4 Å². The fourth-order valence-electron chi connectivity index (χ4n) is 3.52. The summed E-state index contributed by atoms with van der Waals surface area (Å²) in [5.41, 5.74) is 1.04. The van der Waals surface area contributed by atoms with Gasteiger partial charge in [-0.2, -0.15) is 4.31 Å². The van der Waals surface area contributed by atoms with Gasteiger partial charge < -0.3 is 15.5 Å². The van der Waals surface area contributed by atoms with Gasteiger partial charge in [0.05, 0.1) is 22.0 Å². The second-order valence-electron chi connectivity index (χ2n) is 7.25. The van der Waals surface area contributed by atoms with Gasteiger partial charge in [-0.1, -0.05) is 12.1 Å². The van der Waals surface area contributed by atoms with Crippen LogP contribution in [-0.2, 0) is 19.6 Å². The Labute approximate surface area is 173 Å². The quantitative estimate of drug-likeness (QED) is 0.722. The molecule has 0 aliphatic carbocycles. The van der Waals surface area contributed by atoms with Crippen molar-refractivity contribution < 1.29 is 22.4 Å². The maximum Gasteiger partial charge on any atom is 0.243 e. The van der Waals surface area contributed by atoms with Crippen LogP contribution < -0.4 is 15.5 Å². The van der Waals surface area contributed by atoms with Crippen LogP contribution in [0.3, 0.4) is 0 Å². The minimum Gasteiger partial charge on any atom is -0.367 e. The number of carbonyl (C=O) groups excluding carboxylic acids is 2. The van der Waals surface area contributed by atoms with Gasteiger partial charge in [0, 0.05) is 26.2 Å². The molecule has 0 spiro atoms. The molecule has 0 aromatic heterocycles. The molecule has 2 N–H and O–H groups in total. The van der Waals surface area contributed by atoms with E-state index in [2.05, 4.69) is 10.6 Å². The van der Waals surface area contributed by atoms with E-state index in [1.807, 2.05) is 4.90 Å². The second-order valence-corrected chi connectivity index (χ2v) is 9.19. The van der Waals surface area contributed by atoms with Crippen LogP contribution in [0.1, 0.15) is 6.92 Å². The summed E-state index contributed by atoms with van der Waals surface area (Å²) in [6, 6.07) is 10.6. The number of piperazine rings is 1. The average molecular weight is 432 g/mol. The summed E-state index contributed by atoms with van der Waals surface area (Å²) in [4.78, 5) is 25.9. The molecule has 2 amide bonds. The van der Waals surface area contributed by atoms with Crippen LogP contribution in [0.2, 0.25) is 0 Å². The van der Waals surface area contributed by atoms with Crippen LogP contribution in [0.4, 0.5) is 21.5 Å². The molecule has 0 bridgehead atoms. The van der Waals surface area contributed by atoms with E-state index < -0.39 is 27.8 Å². The first kappa shape index (κ1) is 20.3. The minimum atomic E-state index is -3.82. The molecule has 0 unspecified atom stereocenters. The molecule has 2 heterocycles. The molecule has 2 aliphatic rings. The van der Waals surface area contributed by atoms with Gasteiger partial charge in [-0.25, -0.2) is 12.8 Å². The molecule has 1 saturated heterocycles. The Morgan fingerprint density at radius 1 is 0.933 bits per heavy atom. The van der Waals surface area contributed by atoms with Gasteiger partial charge in [-0.3, -0.25) is 9.59 Å². The normalized spacial score (nSPS) is 20.2. The first-order chi connectivity index (χ1) is 14.3. The Morgan fingerprint density at radius 3 is 2.23 bits per heavy atom. The first-order valence-electron chi connectivity index (χ1n) is 9.53. The van der Waals surface area contributed by atoms with Crippen molar-refractivity contribution in [2.45, 2.75) is 11.8 Å². The number of anilines is 3. The van der Waals surface area contributed by atoms with E-state index in [-0.39, 0.29) is 29.5 Å². The molecule has 0 saturated carbocycles. The van der Waals surface area contributed by atoms with Crippen molar-refractivity contribution in [3.8, 4) is 0 Å². The van der Waals surface area contributed by atoms with Gasteiger partial charge in [0.1, 0.15) is 11.7 Å². The molecule has 0 radical (unpaired) electrons. The molecule has 1 fully saturated rings. The average Bonchev–Trinajstić information content (AvgIpc) is 2.84. The lowest BCUT2D eigenvalue weighted by Gasteiger charge is -2.35. The van der Waals surface area contributed by atoms with E-state index in [0.717, 1.165) is 0 Å². The summed E-state index contributed by atoms with van der Waals surface area (Å²) >= 11 is 0. The Hall–Kier alpha value is -2.98. The standard InChI is InChI=1S/C20H21FN4O4S/c1-13-19(26)22-16-7-6-14(12-17(16)23-20(13)27)30(28,29)25-10-8-24(9-11-25)18-5-3-2-4-15(18)21/h2-7,12-13H,8-11H2,1H3,(H,22,26)(H,23,27)/t13-/m1/s1. The maximum atomic E-state index is 14.0. The van der Waals surface area contributed by atoms with Crippen LogP contribution in [0.25, 0.3) is 0 Å². The number of hydrogen-bond acceptors (Lipinski definition) is 5. The van der Waals surface area contributed by atoms with Crippen LogP contribution >= 0.6 is 0 Å². The maximum absolute atomic E-state index is 14.0. The van der Waals surface area contributed by atoms with E-state index in [1.54, 1.807) is 18.2 Å². The SMILES string of the molecule is C[C@@H]1C(=O)Nc2ccc(S(=O)(=O)N3CCN(c4ccccc4F)CC3)cc2NC1=O. The lowest BCUT2D eigenvalue weighted by atomic mass is 10.1. The van der Waals surface area contributed by atoms with Crippen LogP contribution in [-0.4, -0.2) is 50.7 Å². The molecular weight excluding hydrogens is 411 g/mol. The number of nitrogens with zero attached hydrogens (tertiary/aromatic N) is 2. The highest BCUT2D eigenvalue weighted by atomic mass is 32.2. The summed E-state index contributed by atoms with van der Waals surface area (Å²) in [5, 5.41) is 5.21. The number of rotatable bonds is 3. The van der Waals surface area contributed by atoms with Crippen molar-refractivity contribution in [2.24, 2.45) is 5.92 Å². The lowest BCUT2D eigenvalue weighted by Crippen LogP contribution is -2.48. The molecule has 30 heavy (non-hydrogen) atoms. The first-order valence-corrected chi connectivity index (χ1v) is 11.0. The van der Waals surface area contributed by atoms with Gasteiger partial charge in [0.2, 0.25) is 21.8 Å². The third-order valence-electron chi connectivity index (χ3n) is 5.36. The summed E-state index contributed by atoms with van der Waals surface area (Å²) < 4.78 is 41.6. The van der Waals surface area contributed by atoms with Gasteiger partial charge in [-0.15, -0.1) is 0 Å². The number of hydrogen-bond donors (Lipinski definition) is 2. The number of amides is 2. The van der Waals surface area contributed by atoms with Gasteiger partial charge in [0.25, 0.3) is 0 Å². The van der Waals surface area contributed by atoms with E-state index >= 15 is 0 Å². The Morgan fingerprint density at radius 2 is 1.57 bits per heavy atom. The van der Waals surface area contributed by atoms with Crippen LogP contribution in [0.5, 0.6) is 0 Å². The van der Waals surface area contributed by atoms with Crippen molar-refractivity contribution in [3.63, 3.8) is 0 Å². The fraction of sp³-hybridized carbons (Fsp3) is 0.300. The van der Waals surface area contributed by atoms with Crippen molar-refractivity contribution in [2.75, 3.05) is 41.7 Å². The van der Waals surface area contributed by atoms with Crippen molar-refractivity contribution >= 4 is 38.9 Å². The molecule has 2 aromatic carbocycles. The van der Waals surface area contributed by atoms with Crippen LogP contribution in [0, 0.1) is 11.7 Å². The summed E-state index contributed by atoms with van der Waals surface area (Å²) in [5.74, 6) is -2.18. The summed E-state index contributed by atoms with van der Waals surface area (Å²) in [6.07, 6.45) is 0. The summed E-state index contributed by atoms with van der Waals surface area (Å²) in [7, 11) is -3.82. The molecular formula is C20H21FN4O4S. The number of carbonyl (C=O) groups is 2. The monoisotopic (exact) mass is 432 g/mol. The zero-order valence-corrected chi connectivity index (χ0v) is 17.1.